The van der Waals surface area contributed by atoms with Crippen LogP contribution in [0, 0.1) is 0 Å². The molecule has 0 spiro atoms. The number of fused-ring (bicyclic) bond motifs is 1. The average molecular weight is 455 g/mol. The van der Waals surface area contributed by atoms with E-state index in [0.29, 0.717) is 0 Å². The van der Waals surface area contributed by atoms with Crippen LogP contribution < -0.4 is 4.74 Å². The Morgan fingerprint density at radius 3 is 1.73 bits per heavy atom. The van der Waals surface area contributed by atoms with Crippen molar-refractivity contribution in [3.63, 3.8) is 0 Å². The second-order valence-corrected chi connectivity index (χ2v) is 10.5. The molecule has 0 amide bonds. The molecule has 0 fully saturated rings. The lowest BCUT2D eigenvalue weighted by Gasteiger charge is -2.25. The fourth-order valence-electron chi connectivity index (χ4n) is 5.23. The van der Waals surface area contributed by atoms with E-state index < -0.39 is 0 Å². The zero-order valence-corrected chi connectivity index (χ0v) is 22.7. The topological polar surface area (TPSA) is 9.23 Å². The van der Waals surface area contributed by atoms with E-state index >= 15 is 0 Å². The Morgan fingerprint density at radius 2 is 1.12 bits per heavy atom. The van der Waals surface area contributed by atoms with Crippen molar-refractivity contribution >= 4 is 0 Å². The van der Waals surface area contributed by atoms with Crippen molar-refractivity contribution in [2.24, 2.45) is 0 Å². The molecule has 1 heteroatoms. The van der Waals surface area contributed by atoms with Gasteiger partial charge in [0.05, 0.1) is 0 Å². The zero-order valence-electron chi connectivity index (χ0n) is 22.7. The van der Waals surface area contributed by atoms with Crippen LogP contribution in [0.1, 0.15) is 154 Å². The molecule has 1 aromatic rings. The summed E-state index contributed by atoms with van der Waals surface area (Å²) in [5, 5.41) is 0. The van der Waals surface area contributed by atoms with Gasteiger partial charge in [-0.05, 0) is 67.7 Å². The predicted molar refractivity (Wildman–Crippen MR) is 146 cm³/mol. The van der Waals surface area contributed by atoms with E-state index in [1.807, 2.05) is 0 Å². The van der Waals surface area contributed by atoms with Gasteiger partial charge in [0.25, 0.3) is 0 Å². The Morgan fingerprint density at radius 1 is 0.606 bits per heavy atom. The van der Waals surface area contributed by atoms with Gasteiger partial charge >= 0.3 is 0 Å². The summed E-state index contributed by atoms with van der Waals surface area (Å²) in [7, 11) is 0. The highest BCUT2D eigenvalue weighted by molar-refractivity contribution is 5.50. The molecular weight excluding hydrogens is 400 g/mol. The van der Waals surface area contributed by atoms with Gasteiger partial charge in [-0.15, -0.1) is 0 Å². The number of benzene rings is 1. The maximum Gasteiger partial charge on any atom is 0.133 e. The third kappa shape index (κ3) is 10.7. The van der Waals surface area contributed by atoms with E-state index in [2.05, 4.69) is 39.8 Å². The molecule has 0 saturated carbocycles. The van der Waals surface area contributed by atoms with E-state index in [9.17, 15) is 0 Å². The summed E-state index contributed by atoms with van der Waals surface area (Å²) in [6.07, 6.45) is 26.4. The van der Waals surface area contributed by atoms with Crippen molar-refractivity contribution in [2.45, 2.75) is 156 Å². The summed E-state index contributed by atoms with van der Waals surface area (Å²) in [6.45, 7) is 9.10. The van der Waals surface area contributed by atoms with E-state index in [-0.39, 0.29) is 0 Å². The summed E-state index contributed by atoms with van der Waals surface area (Å²) in [4.78, 5) is 0. The number of hydrogen-bond acceptors (Lipinski definition) is 1. The van der Waals surface area contributed by atoms with Crippen LogP contribution in [-0.2, 0) is 19.3 Å². The highest BCUT2D eigenvalue weighted by Crippen LogP contribution is 2.37. The second kappa shape index (κ2) is 17.2. The number of allylic oxidation sites excluding steroid dienone is 2. The van der Waals surface area contributed by atoms with E-state index in [0.717, 1.165) is 6.42 Å². The molecule has 33 heavy (non-hydrogen) atoms. The van der Waals surface area contributed by atoms with Gasteiger partial charge in [0, 0.05) is 6.42 Å². The molecule has 0 unspecified atom stereocenters. The first kappa shape index (κ1) is 28.0. The molecule has 1 aliphatic heterocycles. The van der Waals surface area contributed by atoms with Crippen molar-refractivity contribution < 1.29 is 4.74 Å². The molecule has 0 saturated heterocycles. The fourth-order valence-corrected chi connectivity index (χ4v) is 5.23. The zero-order chi connectivity index (χ0) is 23.7. The first-order chi connectivity index (χ1) is 16.2. The Bertz CT molecular complexity index is 684. The summed E-state index contributed by atoms with van der Waals surface area (Å²) in [6, 6.07) is 4.98. The third-order valence-corrected chi connectivity index (χ3v) is 7.41. The maximum absolute atomic E-state index is 6.54. The lowest BCUT2D eigenvalue weighted by Crippen LogP contribution is -2.12. The van der Waals surface area contributed by atoms with Crippen molar-refractivity contribution in [3.05, 3.63) is 40.2 Å². The van der Waals surface area contributed by atoms with Crippen LogP contribution in [0.5, 0.6) is 5.75 Å². The lowest BCUT2D eigenvalue weighted by atomic mass is 9.90. The Labute approximate surface area is 206 Å². The van der Waals surface area contributed by atoms with Crippen LogP contribution in [0.4, 0.5) is 0 Å². The molecule has 0 radical (unpaired) electrons. The average Bonchev–Trinajstić information content (AvgIpc) is 2.81. The molecule has 1 heterocycles. The van der Waals surface area contributed by atoms with Crippen molar-refractivity contribution in [1.82, 2.24) is 0 Å². The minimum absolute atomic E-state index is 1.11. The third-order valence-electron chi connectivity index (χ3n) is 7.41. The molecule has 188 valence electrons. The Balaban J connectivity index is 2.01. The molecular formula is C32H54O. The van der Waals surface area contributed by atoms with Crippen LogP contribution in [0.3, 0.4) is 0 Å². The van der Waals surface area contributed by atoms with E-state index in [4.69, 9.17) is 4.74 Å². The van der Waals surface area contributed by atoms with Gasteiger partial charge in [-0.2, -0.15) is 0 Å². The molecule has 1 aliphatic rings. The highest BCUT2D eigenvalue weighted by atomic mass is 16.5. The fraction of sp³-hybridized carbons (Fsp3) is 0.750. The summed E-state index contributed by atoms with van der Waals surface area (Å²) in [5.41, 5.74) is 6.05. The van der Waals surface area contributed by atoms with Crippen LogP contribution in [0.15, 0.2) is 23.5 Å². The molecule has 0 bridgehead atoms. The number of hydrogen-bond donors (Lipinski definition) is 0. The van der Waals surface area contributed by atoms with Gasteiger partial charge in [-0.25, -0.2) is 0 Å². The standard InChI is InChI=1S/C32H54O/c1-5-8-11-14-17-19-22-29-26-31-25-28(21-18-15-12-9-6-2)24-30(32(31)33-27(29)4)23-20-16-13-10-7-3/h24-25H,5-23,26H2,1-4H3. The van der Waals surface area contributed by atoms with Gasteiger partial charge in [0.1, 0.15) is 11.5 Å². The van der Waals surface area contributed by atoms with Gasteiger partial charge in [0.15, 0.2) is 0 Å². The Kier molecular flexibility index (Phi) is 14.6. The van der Waals surface area contributed by atoms with Crippen molar-refractivity contribution in [3.8, 4) is 5.75 Å². The largest absolute Gasteiger partial charge is 0.461 e. The normalized spacial score (nSPS) is 13.3. The van der Waals surface area contributed by atoms with E-state index in [1.165, 1.54) is 145 Å². The number of aryl methyl sites for hydroxylation is 2. The molecule has 2 rings (SSSR count). The molecule has 0 aromatic heterocycles. The Hall–Kier alpha value is -1.24. The second-order valence-electron chi connectivity index (χ2n) is 10.5. The van der Waals surface area contributed by atoms with Crippen molar-refractivity contribution in [2.75, 3.05) is 0 Å². The SMILES string of the molecule is CCCCCCCCC1=C(C)Oc2c(CCCCCCC)cc(CCCCCCC)cc2C1. The van der Waals surface area contributed by atoms with Crippen LogP contribution in [0.25, 0.3) is 0 Å². The van der Waals surface area contributed by atoms with Gasteiger partial charge < -0.3 is 4.74 Å². The number of ether oxygens (including phenoxy) is 1. The summed E-state index contributed by atoms with van der Waals surface area (Å²) >= 11 is 0. The smallest absolute Gasteiger partial charge is 0.133 e. The highest BCUT2D eigenvalue weighted by Gasteiger charge is 2.21. The predicted octanol–water partition coefficient (Wildman–Crippen LogP) is 10.7. The molecule has 0 atom stereocenters. The molecule has 0 aliphatic carbocycles. The van der Waals surface area contributed by atoms with Crippen LogP contribution in [0.2, 0.25) is 0 Å². The van der Waals surface area contributed by atoms with Crippen molar-refractivity contribution in [1.29, 1.82) is 0 Å². The first-order valence-corrected chi connectivity index (χ1v) is 14.7. The monoisotopic (exact) mass is 454 g/mol. The maximum atomic E-state index is 6.54. The summed E-state index contributed by atoms with van der Waals surface area (Å²) < 4.78 is 6.54. The number of unbranched alkanes of at least 4 members (excludes halogenated alkanes) is 13. The van der Waals surface area contributed by atoms with Gasteiger partial charge in [0.2, 0.25) is 0 Å². The first-order valence-electron chi connectivity index (χ1n) is 14.7. The quantitative estimate of drug-likeness (QED) is 0.189. The van der Waals surface area contributed by atoms with E-state index in [1.54, 1.807) is 11.1 Å². The van der Waals surface area contributed by atoms with Gasteiger partial charge in [-0.1, -0.05) is 116 Å². The number of rotatable bonds is 19. The lowest BCUT2D eigenvalue weighted by molar-refractivity contribution is 0.392. The molecule has 1 aromatic carbocycles. The minimum atomic E-state index is 1.11. The van der Waals surface area contributed by atoms with Crippen LogP contribution >= 0.6 is 0 Å². The molecule has 1 nitrogen and oxygen atoms in total. The van der Waals surface area contributed by atoms with Crippen LogP contribution in [-0.4, -0.2) is 0 Å². The minimum Gasteiger partial charge on any atom is -0.461 e. The summed E-state index contributed by atoms with van der Waals surface area (Å²) in [5.74, 6) is 2.40. The van der Waals surface area contributed by atoms with Gasteiger partial charge in [-0.3, -0.25) is 0 Å². The molecule has 0 N–H and O–H groups in total.